The summed E-state index contributed by atoms with van der Waals surface area (Å²) < 4.78 is 14.0. The van der Waals surface area contributed by atoms with Crippen molar-refractivity contribution in [2.75, 3.05) is 25.5 Å². The predicted octanol–water partition coefficient (Wildman–Crippen LogP) is 0.910. The smallest absolute Gasteiger partial charge is 0.316 e. The lowest BCUT2D eigenvalue weighted by atomic mass is 10.2. The Labute approximate surface area is 187 Å². The van der Waals surface area contributed by atoms with Crippen LogP contribution >= 0.6 is 0 Å². The number of carbonyl (C=O) groups is 3. The van der Waals surface area contributed by atoms with Gasteiger partial charge in [-0.15, -0.1) is 0 Å². The van der Waals surface area contributed by atoms with Crippen LogP contribution in [0.2, 0.25) is 0 Å². The van der Waals surface area contributed by atoms with Crippen LogP contribution < -0.4 is 15.8 Å². The molecule has 3 amide bonds. The lowest BCUT2D eigenvalue weighted by Crippen LogP contribution is -2.43. The number of fused-ring (bicyclic) bond motifs is 1. The fourth-order valence-corrected chi connectivity index (χ4v) is 3.11. The standard InChI is InChI=1S/C22H22FN5O5/c1-4-27(22(33)21(32)26(2)3)15-6-5-11-28-18(15)25-16(17(29)20(28)31)19(30)24-12-13-7-9-14(23)10-8-13/h5-11,29H,4,12H2,1-3H3,(H,24,30). The number of benzene rings is 1. The summed E-state index contributed by atoms with van der Waals surface area (Å²) in [6.45, 7) is 1.72. The van der Waals surface area contributed by atoms with Gasteiger partial charge in [0.05, 0.1) is 5.69 Å². The number of pyridine rings is 1. The lowest BCUT2D eigenvalue weighted by Gasteiger charge is -2.23. The number of nitrogens with one attached hydrogen (secondary N) is 1. The van der Waals surface area contributed by atoms with Crippen LogP contribution in [0.4, 0.5) is 10.1 Å². The first kappa shape index (κ1) is 23.4. The highest BCUT2D eigenvalue weighted by Crippen LogP contribution is 2.22. The van der Waals surface area contributed by atoms with Crippen molar-refractivity contribution >= 4 is 29.1 Å². The van der Waals surface area contributed by atoms with Crippen LogP contribution in [-0.2, 0) is 16.1 Å². The summed E-state index contributed by atoms with van der Waals surface area (Å²) in [4.78, 5) is 56.7. The molecule has 172 valence electrons. The molecular formula is C22H22FN5O5. The maximum atomic E-state index is 13.1. The van der Waals surface area contributed by atoms with Gasteiger partial charge in [-0.2, -0.15) is 0 Å². The molecule has 0 bridgehead atoms. The Morgan fingerprint density at radius 3 is 2.39 bits per heavy atom. The van der Waals surface area contributed by atoms with E-state index >= 15 is 0 Å². The van der Waals surface area contributed by atoms with E-state index in [2.05, 4.69) is 10.3 Å². The summed E-state index contributed by atoms with van der Waals surface area (Å²) in [6, 6.07) is 8.35. The molecule has 0 aliphatic rings. The van der Waals surface area contributed by atoms with Crippen molar-refractivity contribution in [1.29, 1.82) is 0 Å². The number of aromatic nitrogens is 2. The minimum absolute atomic E-state index is 0.00183. The molecule has 2 N–H and O–H groups in total. The summed E-state index contributed by atoms with van der Waals surface area (Å²) in [6.07, 6.45) is 1.32. The number of carbonyl (C=O) groups excluding carboxylic acids is 3. The Balaban J connectivity index is 2.04. The first-order valence-corrected chi connectivity index (χ1v) is 9.95. The molecule has 0 aliphatic heterocycles. The molecule has 0 fully saturated rings. The van der Waals surface area contributed by atoms with E-state index in [1.54, 1.807) is 6.92 Å². The number of anilines is 1. The van der Waals surface area contributed by atoms with E-state index in [1.165, 1.54) is 56.7 Å². The second-order valence-corrected chi connectivity index (χ2v) is 7.26. The molecule has 3 aromatic rings. The van der Waals surface area contributed by atoms with Gasteiger partial charge in [0.25, 0.3) is 5.91 Å². The number of hydrogen-bond donors (Lipinski definition) is 2. The Morgan fingerprint density at radius 2 is 1.79 bits per heavy atom. The van der Waals surface area contributed by atoms with Gasteiger partial charge in [0.15, 0.2) is 11.3 Å². The molecule has 0 saturated heterocycles. The Bertz CT molecular complexity index is 1290. The Hall–Kier alpha value is -4.28. The first-order chi connectivity index (χ1) is 15.6. The van der Waals surface area contributed by atoms with Crippen LogP contribution in [0.25, 0.3) is 5.65 Å². The SMILES string of the molecule is CCN(C(=O)C(=O)N(C)C)c1cccn2c(=O)c(O)c(C(=O)NCc3ccc(F)cc3)nc12. The molecule has 3 rings (SSSR count). The van der Waals surface area contributed by atoms with Gasteiger partial charge < -0.3 is 20.2 Å². The fraction of sp³-hybridized carbons (Fsp3) is 0.227. The minimum atomic E-state index is -0.920. The van der Waals surface area contributed by atoms with Gasteiger partial charge in [-0.25, -0.2) is 9.37 Å². The van der Waals surface area contributed by atoms with Gasteiger partial charge in [-0.1, -0.05) is 12.1 Å². The second kappa shape index (κ2) is 9.47. The highest BCUT2D eigenvalue weighted by Gasteiger charge is 2.27. The van der Waals surface area contributed by atoms with Crippen molar-refractivity contribution in [2.45, 2.75) is 13.5 Å². The zero-order chi connectivity index (χ0) is 24.3. The average molecular weight is 455 g/mol. The molecule has 11 heteroatoms. The number of amides is 3. The second-order valence-electron chi connectivity index (χ2n) is 7.26. The summed E-state index contributed by atoms with van der Waals surface area (Å²) in [5.41, 5.74) is -0.848. The molecule has 10 nitrogen and oxygen atoms in total. The molecular weight excluding hydrogens is 433 g/mol. The van der Waals surface area contributed by atoms with E-state index in [9.17, 15) is 28.7 Å². The van der Waals surface area contributed by atoms with Crippen molar-refractivity contribution < 1.29 is 23.9 Å². The number of rotatable bonds is 5. The predicted molar refractivity (Wildman–Crippen MR) is 117 cm³/mol. The van der Waals surface area contributed by atoms with Crippen molar-refractivity contribution in [3.05, 3.63) is 70.0 Å². The average Bonchev–Trinajstić information content (AvgIpc) is 2.80. The Kier molecular flexibility index (Phi) is 6.71. The Morgan fingerprint density at radius 1 is 1.12 bits per heavy atom. The van der Waals surface area contributed by atoms with Crippen LogP contribution in [0, 0.1) is 5.82 Å². The third-order valence-corrected chi connectivity index (χ3v) is 4.83. The maximum Gasteiger partial charge on any atom is 0.316 e. The van der Waals surface area contributed by atoms with Crippen molar-refractivity contribution in [1.82, 2.24) is 19.6 Å². The highest BCUT2D eigenvalue weighted by atomic mass is 19.1. The van der Waals surface area contributed by atoms with Gasteiger partial charge in [-0.05, 0) is 36.8 Å². The van der Waals surface area contributed by atoms with Crippen molar-refractivity contribution in [3.8, 4) is 5.75 Å². The van der Waals surface area contributed by atoms with Crippen LogP contribution in [0.15, 0.2) is 47.4 Å². The molecule has 0 radical (unpaired) electrons. The van der Waals surface area contributed by atoms with Crippen LogP contribution in [0.3, 0.4) is 0 Å². The zero-order valence-corrected chi connectivity index (χ0v) is 18.2. The quantitative estimate of drug-likeness (QED) is 0.551. The molecule has 1 aromatic carbocycles. The molecule has 33 heavy (non-hydrogen) atoms. The molecule has 2 heterocycles. The van der Waals surface area contributed by atoms with Gasteiger partial charge in [-0.3, -0.25) is 23.6 Å². The monoisotopic (exact) mass is 455 g/mol. The van der Waals surface area contributed by atoms with Gasteiger partial charge in [0.2, 0.25) is 5.75 Å². The van der Waals surface area contributed by atoms with Crippen molar-refractivity contribution in [2.24, 2.45) is 0 Å². The van der Waals surface area contributed by atoms with E-state index in [1.807, 2.05) is 0 Å². The largest absolute Gasteiger partial charge is 0.501 e. The van der Waals surface area contributed by atoms with Gasteiger partial charge >= 0.3 is 17.4 Å². The minimum Gasteiger partial charge on any atom is -0.501 e. The molecule has 0 spiro atoms. The van der Waals surface area contributed by atoms with E-state index in [0.29, 0.717) is 5.56 Å². The van der Waals surface area contributed by atoms with E-state index < -0.39 is 40.5 Å². The molecule has 0 unspecified atom stereocenters. The third-order valence-electron chi connectivity index (χ3n) is 4.83. The number of aromatic hydroxyl groups is 1. The zero-order valence-electron chi connectivity index (χ0n) is 18.2. The van der Waals surface area contributed by atoms with Gasteiger partial charge in [0, 0.05) is 33.4 Å². The number of halogens is 1. The maximum absolute atomic E-state index is 13.1. The number of hydrogen-bond acceptors (Lipinski definition) is 6. The third kappa shape index (κ3) is 4.66. The summed E-state index contributed by atoms with van der Waals surface area (Å²) >= 11 is 0. The summed E-state index contributed by atoms with van der Waals surface area (Å²) in [5.74, 6) is -3.77. The molecule has 0 atom stereocenters. The molecule has 2 aromatic heterocycles. The van der Waals surface area contributed by atoms with Crippen LogP contribution in [0.5, 0.6) is 5.75 Å². The molecule has 0 saturated carbocycles. The van der Waals surface area contributed by atoms with Crippen LogP contribution in [-0.4, -0.2) is 57.8 Å². The summed E-state index contributed by atoms with van der Waals surface area (Å²) in [5, 5.41) is 12.8. The van der Waals surface area contributed by atoms with Gasteiger partial charge in [0.1, 0.15) is 5.82 Å². The first-order valence-electron chi connectivity index (χ1n) is 9.95. The lowest BCUT2D eigenvalue weighted by molar-refractivity contribution is -0.142. The van der Waals surface area contributed by atoms with E-state index in [4.69, 9.17) is 0 Å². The number of likely N-dealkylation sites (N-methyl/N-ethyl adjacent to an activating group) is 2. The normalized spacial score (nSPS) is 10.7. The van der Waals surface area contributed by atoms with Crippen molar-refractivity contribution in [3.63, 3.8) is 0 Å². The van der Waals surface area contributed by atoms with E-state index in [0.717, 1.165) is 14.2 Å². The topological polar surface area (TPSA) is 124 Å². The highest BCUT2D eigenvalue weighted by molar-refractivity contribution is 6.40. The summed E-state index contributed by atoms with van der Waals surface area (Å²) in [7, 11) is 2.86. The number of nitrogens with zero attached hydrogens (tertiary/aromatic N) is 4. The van der Waals surface area contributed by atoms with E-state index in [-0.39, 0.29) is 24.4 Å². The fourth-order valence-electron chi connectivity index (χ4n) is 3.11. The van der Waals surface area contributed by atoms with Crippen LogP contribution in [0.1, 0.15) is 23.0 Å². The molecule has 0 aliphatic carbocycles.